The van der Waals surface area contributed by atoms with Crippen molar-refractivity contribution in [2.45, 2.75) is 38.1 Å². The normalized spacial score (nSPS) is 20.7. The summed E-state index contributed by atoms with van der Waals surface area (Å²) < 4.78 is 11.8. The zero-order chi connectivity index (χ0) is 16.9. The van der Waals surface area contributed by atoms with Gasteiger partial charge in [0.1, 0.15) is 12.1 Å². The number of aliphatic imine (C=N–C) groups is 2. The minimum atomic E-state index is -0.469. The third kappa shape index (κ3) is 4.27. The second-order valence-electron chi connectivity index (χ2n) is 5.55. The summed E-state index contributed by atoms with van der Waals surface area (Å²) in [6, 6.07) is 5.96. The van der Waals surface area contributed by atoms with Crippen LogP contribution in [-0.4, -0.2) is 38.1 Å². The summed E-state index contributed by atoms with van der Waals surface area (Å²) in [4.78, 5) is 9.34. The highest BCUT2D eigenvalue weighted by atomic mass is 79.9. The molecule has 2 rings (SSSR count). The molecule has 0 radical (unpaired) electrons. The molecule has 0 fully saturated rings. The average Bonchev–Trinajstić information content (AvgIpc) is 2.54. The Hall–Kier alpha value is -1.07. The van der Waals surface area contributed by atoms with Crippen molar-refractivity contribution < 1.29 is 9.47 Å². The van der Waals surface area contributed by atoms with E-state index in [-0.39, 0.29) is 0 Å². The Morgan fingerprint density at radius 3 is 2.65 bits per heavy atom. The van der Waals surface area contributed by atoms with E-state index in [4.69, 9.17) is 26.1 Å². The van der Waals surface area contributed by atoms with Gasteiger partial charge in [-0.15, -0.1) is 0 Å². The molecule has 0 unspecified atom stereocenters. The fourth-order valence-electron chi connectivity index (χ4n) is 2.90. The summed E-state index contributed by atoms with van der Waals surface area (Å²) in [6.07, 6.45) is 3.42. The lowest BCUT2D eigenvalue weighted by Crippen LogP contribution is -2.43. The van der Waals surface area contributed by atoms with Crippen LogP contribution < -0.4 is 0 Å². The van der Waals surface area contributed by atoms with Gasteiger partial charge < -0.3 is 9.47 Å². The molecule has 1 aromatic rings. The highest BCUT2D eigenvalue weighted by molar-refractivity contribution is 9.10. The van der Waals surface area contributed by atoms with E-state index >= 15 is 0 Å². The summed E-state index contributed by atoms with van der Waals surface area (Å²) in [5, 5.41) is 0.758. The molecule has 0 amide bonds. The molecule has 0 N–H and O–H groups in total. The maximum atomic E-state index is 6.34. The van der Waals surface area contributed by atoms with Gasteiger partial charge in [0, 0.05) is 9.50 Å². The molecule has 0 aliphatic carbocycles. The zero-order valence-electron chi connectivity index (χ0n) is 13.7. The van der Waals surface area contributed by atoms with E-state index in [2.05, 4.69) is 27.8 Å². The molecule has 1 aliphatic rings. The molecule has 4 nitrogen and oxygen atoms in total. The van der Waals surface area contributed by atoms with Gasteiger partial charge in [-0.05, 0) is 37.0 Å². The molecule has 1 atom stereocenters. The third-order valence-corrected chi connectivity index (χ3v) is 4.86. The SMILES string of the molecule is CCC[C@@]1(CCc2ccc(Br)cc2Cl)N=C(OC)CN=C1OC. The molecular weight excluding hydrogens is 380 g/mol. The first kappa shape index (κ1) is 18.3. The molecule has 0 saturated carbocycles. The summed E-state index contributed by atoms with van der Waals surface area (Å²) in [5.41, 5.74) is 0.629. The first-order valence-electron chi connectivity index (χ1n) is 7.70. The van der Waals surface area contributed by atoms with Gasteiger partial charge >= 0.3 is 0 Å². The smallest absolute Gasteiger partial charge is 0.212 e. The molecular formula is C17H22BrClN2O2. The van der Waals surface area contributed by atoms with Crippen molar-refractivity contribution in [1.82, 2.24) is 0 Å². The number of ether oxygens (including phenoxy) is 2. The summed E-state index contributed by atoms with van der Waals surface area (Å²) in [6.45, 7) is 2.57. The van der Waals surface area contributed by atoms with Crippen molar-refractivity contribution >= 4 is 39.3 Å². The van der Waals surface area contributed by atoms with Gasteiger partial charge in [-0.2, -0.15) is 0 Å². The lowest BCUT2D eigenvalue weighted by molar-refractivity contribution is 0.306. The van der Waals surface area contributed by atoms with Crippen LogP contribution in [0, 0.1) is 0 Å². The van der Waals surface area contributed by atoms with Crippen LogP contribution in [0.25, 0.3) is 0 Å². The zero-order valence-corrected chi connectivity index (χ0v) is 16.1. The summed E-state index contributed by atoms with van der Waals surface area (Å²) in [5.74, 6) is 1.34. The molecule has 1 aromatic carbocycles. The van der Waals surface area contributed by atoms with Gasteiger partial charge in [-0.3, -0.25) is 0 Å². The molecule has 1 heterocycles. The van der Waals surface area contributed by atoms with Crippen LogP contribution in [-0.2, 0) is 15.9 Å². The Kier molecular flexibility index (Phi) is 6.48. The predicted molar refractivity (Wildman–Crippen MR) is 98.9 cm³/mol. The van der Waals surface area contributed by atoms with Crippen LogP contribution >= 0.6 is 27.5 Å². The van der Waals surface area contributed by atoms with Gasteiger partial charge in [0.25, 0.3) is 0 Å². The van der Waals surface area contributed by atoms with E-state index in [9.17, 15) is 0 Å². The fraction of sp³-hybridized carbons (Fsp3) is 0.529. The van der Waals surface area contributed by atoms with Crippen molar-refractivity contribution in [2.24, 2.45) is 9.98 Å². The second kappa shape index (κ2) is 8.15. The van der Waals surface area contributed by atoms with E-state index in [0.29, 0.717) is 18.3 Å². The van der Waals surface area contributed by atoms with E-state index < -0.39 is 5.54 Å². The minimum absolute atomic E-state index is 0.435. The van der Waals surface area contributed by atoms with Gasteiger partial charge in [-0.1, -0.05) is 46.9 Å². The Bertz CT molecular complexity index is 619. The topological polar surface area (TPSA) is 43.2 Å². The Balaban J connectivity index is 2.27. The van der Waals surface area contributed by atoms with Crippen molar-refractivity contribution in [2.75, 3.05) is 20.8 Å². The summed E-state index contributed by atoms with van der Waals surface area (Å²) in [7, 11) is 3.29. The van der Waals surface area contributed by atoms with Crippen LogP contribution in [0.5, 0.6) is 0 Å². The number of hydrogen-bond acceptors (Lipinski definition) is 4. The number of aryl methyl sites for hydroxylation is 1. The van der Waals surface area contributed by atoms with Crippen LogP contribution in [0.4, 0.5) is 0 Å². The maximum Gasteiger partial charge on any atom is 0.212 e. The highest BCUT2D eigenvalue weighted by Gasteiger charge is 2.39. The minimum Gasteiger partial charge on any atom is -0.483 e. The van der Waals surface area contributed by atoms with E-state index in [1.54, 1.807) is 14.2 Å². The fourth-order valence-corrected chi connectivity index (χ4v) is 3.67. The van der Waals surface area contributed by atoms with E-state index in [0.717, 1.165) is 40.7 Å². The number of rotatable bonds is 5. The molecule has 6 heteroatoms. The molecule has 0 spiro atoms. The highest BCUT2D eigenvalue weighted by Crippen LogP contribution is 2.32. The third-order valence-electron chi connectivity index (χ3n) is 4.01. The monoisotopic (exact) mass is 400 g/mol. The quantitative estimate of drug-likeness (QED) is 0.719. The van der Waals surface area contributed by atoms with Gasteiger partial charge in [0.2, 0.25) is 11.8 Å². The number of methoxy groups -OCH3 is 2. The maximum absolute atomic E-state index is 6.34. The van der Waals surface area contributed by atoms with Gasteiger partial charge in [-0.25, -0.2) is 9.98 Å². The predicted octanol–water partition coefficient (Wildman–Crippen LogP) is 4.68. The Labute approximate surface area is 151 Å². The largest absolute Gasteiger partial charge is 0.483 e. The number of hydrogen-bond donors (Lipinski definition) is 0. The number of benzene rings is 1. The van der Waals surface area contributed by atoms with E-state index in [1.807, 2.05) is 18.2 Å². The lowest BCUT2D eigenvalue weighted by atomic mass is 9.86. The summed E-state index contributed by atoms with van der Waals surface area (Å²) >= 11 is 9.78. The van der Waals surface area contributed by atoms with E-state index in [1.165, 1.54) is 0 Å². The van der Waals surface area contributed by atoms with Crippen LogP contribution in [0.15, 0.2) is 32.7 Å². The van der Waals surface area contributed by atoms with Crippen molar-refractivity contribution in [1.29, 1.82) is 0 Å². The van der Waals surface area contributed by atoms with Crippen LogP contribution in [0.3, 0.4) is 0 Å². The van der Waals surface area contributed by atoms with Gasteiger partial charge in [0.05, 0.1) is 14.2 Å². The van der Waals surface area contributed by atoms with Crippen molar-refractivity contribution in [3.63, 3.8) is 0 Å². The van der Waals surface area contributed by atoms with Crippen LogP contribution in [0.2, 0.25) is 5.02 Å². The molecule has 1 aliphatic heterocycles. The Morgan fingerprint density at radius 2 is 2.04 bits per heavy atom. The first-order chi connectivity index (χ1) is 11.0. The average molecular weight is 402 g/mol. The number of nitrogens with zero attached hydrogens (tertiary/aromatic N) is 2. The van der Waals surface area contributed by atoms with Crippen LogP contribution in [0.1, 0.15) is 31.7 Å². The number of halogens is 2. The molecule has 0 saturated heterocycles. The lowest BCUT2D eigenvalue weighted by Gasteiger charge is -2.33. The van der Waals surface area contributed by atoms with Crippen molar-refractivity contribution in [3.05, 3.63) is 33.3 Å². The molecule has 0 aromatic heterocycles. The molecule has 126 valence electrons. The molecule has 0 bridgehead atoms. The second-order valence-corrected chi connectivity index (χ2v) is 6.88. The Morgan fingerprint density at radius 1 is 1.26 bits per heavy atom. The van der Waals surface area contributed by atoms with Crippen molar-refractivity contribution in [3.8, 4) is 0 Å². The molecule has 23 heavy (non-hydrogen) atoms. The first-order valence-corrected chi connectivity index (χ1v) is 8.87. The van der Waals surface area contributed by atoms with Gasteiger partial charge in [0.15, 0.2) is 0 Å². The standard InChI is InChI=1S/C17H22BrClN2O2/c1-4-8-17(16(23-3)20-11-15(21-17)22-2)9-7-12-5-6-13(18)10-14(12)19/h5-6,10H,4,7-9,11H2,1-3H3/t17-/m0/s1.